The van der Waals surface area contributed by atoms with Gasteiger partial charge in [0.15, 0.2) is 18.2 Å². The van der Waals surface area contributed by atoms with E-state index in [1.165, 1.54) is 6.07 Å². The lowest BCUT2D eigenvalue weighted by molar-refractivity contribution is -0.118. The SMILES string of the molecule is O=C(CCCOc1ccccc1F)Nc1ccc2c(c1)OCC(=O)N2. The molecule has 2 aromatic carbocycles. The molecule has 2 amide bonds. The Balaban J connectivity index is 1.45. The lowest BCUT2D eigenvalue weighted by atomic mass is 10.2. The van der Waals surface area contributed by atoms with Crippen molar-refractivity contribution in [1.82, 2.24) is 0 Å². The minimum atomic E-state index is -0.423. The van der Waals surface area contributed by atoms with E-state index in [2.05, 4.69) is 10.6 Å². The molecule has 0 unspecified atom stereocenters. The van der Waals surface area contributed by atoms with Gasteiger partial charge in [0.2, 0.25) is 5.91 Å². The molecule has 0 spiro atoms. The summed E-state index contributed by atoms with van der Waals surface area (Å²) < 4.78 is 24.0. The molecule has 0 saturated heterocycles. The van der Waals surface area contributed by atoms with Crippen LogP contribution in [-0.2, 0) is 9.59 Å². The largest absolute Gasteiger partial charge is 0.491 e. The predicted molar refractivity (Wildman–Crippen MR) is 90.3 cm³/mol. The Morgan fingerprint density at radius 1 is 1.28 bits per heavy atom. The van der Waals surface area contributed by atoms with Crippen molar-refractivity contribution in [3.8, 4) is 11.5 Å². The summed E-state index contributed by atoms with van der Waals surface area (Å²) in [5, 5.41) is 5.43. The fourth-order valence-electron chi connectivity index (χ4n) is 2.35. The smallest absolute Gasteiger partial charge is 0.262 e. The van der Waals surface area contributed by atoms with E-state index >= 15 is 0 Å². The number of anilines is 2. The standard InChI is InChI=1S/C18H17FN2O4/c19-13-4-1-2-5-15(13)24-9-3-6-17(22)20-12-7-8-14-16(10-12)25-11-18(23)21-14/h1-2,4-5,7-8,10H,3,6,9,11H2,(H,20,22)(H,21,23). The highest BCUT2D eigenvalue weighted by Crippen LogP contribution is 2.30. The quantitative estimate of drug-likeness (QED) is 0.790. The van der Waals surface area contributed by atoms with Crippen LogP contribution in [0.1, 0.15) is 12.8 Å². The van der Waals surface area contributed by atoms with Crippen LogP contribution in [-0.4, -0.2) is 25.0 Å². The minimum Gasteiger partial charge on any atom is -0.491 e. The highest BCUT2D eigenvalue weighted by molar-refractivity contribution is 5.97. The van der Waals surface area contributed by atoms with Crippen LogP contribution in [0.25, 0.3) is 0 Å². The lowest BCUT2D eigenvalue weighted by Crippen LogP contribution is -2.25. The third-order valence-corrected chi connectivity index (χ3v) is 3.54. The number of hydrogen-bond acceptors (Lipinski definition) is 4. The molecule has 3 rings (SSSR count). The van der Waals surface area contributed by atoms with Crippen LogP contribution in [0.3, 0.4) is 0 Å². The van der Waals surface area contributed by atoms with E-state index in [1.807, 2.05) is 0 Å². The topological polar surface area (TPSA) is 76.7 Å². The molecule has 7 heteroatoms. The third kappa shape index (κ3) is 4.47. The molecule has 0 aromatic heterocycles. The number of fused-ring (bicyclic) bond motifs is 1. The molecule has 0 radical (unpaired) electrons. The molecular formula is C18H17FN2O4. The van der Waals surface area contributed by atoms with E-state index in [4.69, 9.17) is 9.47 Å². The Kier molecular flexibility index (Phi) is 5.13. The zero-order valence-corrected chi connectivity index (χ0v) is 13.4. The van der Waals surface area contributed by atoms with Crippen molar-refractivity contribution in [2.24, 2.45) is 0 Å². The molecule has 1 heterocycles. The summed E-state index contributed by atoms with van der Waals surface area (Å²) in [6.07, 6.45) is 0.695. The van der Waals surface area contributed by atoms with Crippen LogP contribution in [0.4, 0.5) is 15.8 Å². The maximum atomic E-state index is 13.4. The van der Waals surface area contributed by atoms with Gasteiger partial charge in [0.05, 0.1) is 12.3 Å². The highest BCUT2D eigenvalue weighted by Gasteiger charge is 2.16. The van der Waals surface area contributed by atoms with Crippen molar-refractivity contribution in [2.45, 2.75) is 12.8 Å². The van der Waals surface area contributed by atoms with Gasteiger partial charge in [0.1, 0.15) is 5.75 Å². The fourth-order valence-corrected chi connectivity index (χ4v) is 2.35. The van der Waals surface area contributed by atoms with Gasteiger partial charge in [-0.3, -0.25) is 9.59 Å². The Morgan fingerprint density at radius 3 is 2.96 bits per heavy atom. The number of amides is 2. The van der Waals surface area contributed by atoms with Gasteiger partial charge in [-0.1, -0.05) is 12.1 Å². The van der Waals surface area contributed by atoms with Crippen molar-refractivity contribution in [1.29, 1.82) is 0 Å². The van der Waals surface area contributed by atoms with Gasteiger partial charge < -0.3 is 20.1 Å². The summed E-state index contributed by atoms with van der Waals surface area (Å²) in [4.78, 5) is 23.2. The summed E-state index contributed by atoms with van der Waals surface area (Å²) in [6.45, 7) is 0.200. The van der Waals surface area contributed by atoms with Gasteiger partial charge in [-0.25, -0.2) is 4.39 Å². The average Bonchev–Trinajstić information content (AvgIpc) is 2.60. The number of halogens is 1. The van der Waals surface area contributed by atoms with Crippen LogP contribution in [0, 0.1) is 5.82 Å². The first-order valence-electron chi connectivity index (χ1n) is 7.86. The first kappa shape index (κ1) is 16.8. The molecule has 1 aliphatic heterocycles. The van der Waals surface area contributed by atoms with Crippen LogP contribution in [0.5, 0.6) is 11.5 Å². The van der Waals surface area contributed by atoms with Gasteiger partial charge in [-0.2, -0.15) is 0 Å². The van der Waals surface area contributed by atoms with Crippen molar-refractivity contribution in [3.63, 3.8) is 0 Å². The number of ether oxygens (including phenoxy) is 2. The molecule has 2 aromatic rings. The van der Waals surface area contributed by atoms with E-state index in [0.29, 0.717) is 23.5 Å². The summed E-state index contributed by atoms with van der Waals surface area (Å²) in [5.74, 6) is -0.124. The number of carbonyl (C=O) groups is 2. The number of benzene rings is 2. The summed E-state index contributed by atoms with van der Waals surface area (Å²) in [6, 6.07) is 11.1. The second-order valence-corrected chi connectivity index (χ2v) is 5.48. The second kappa shape index (κ2) is 7.65. The normalized spacial score (nSPS) is 12.6. The number of nitrogens with one attached hydrogen (secondary N) is 2. The Morgan fingerprint density at radius 2 is 2.12 bits per heavy atom. The average molecular weight is 344 g/mol. The second-order valence-electron chi connectivity index (χ2n) is 5.48. The van der Waals surface area contributed by atoms with E-state index in [9.17, 15) is 14.0 Å². The van der Waals surface area contributed by atoms with Crippen molar-refractivity contribution < 1.29 is 23.5 Å². The molecule has 1 aliphatic rings. The van der Waals surface area contributed by atoms with Crippen LogP contribution < -0.4 is 20.1 Å². The van der Waals surface area contributed by atoms with Gasteiger partial charge in [0.25, 0.3) is 5.91 Å². The van der Waals surface area contributed by atoms with E-state index in [-0.39, 0.29) is 37.2 Å². The molecule has 0 bridgehead atoms. The summed E-state index contributed by atoms with van der Waals surface area (Å²) >= 11 is 0. The predicted octanol–water partition coefficient (Wildman–Crippen LogP) is 2.95. The monoisotopic (exact) mass is 344 g/mol. The first-order chi connectivity index (χ1) is 12.1. The molecule has 0 atom stereocenters. The minimum absolute atomic E-state index is 0.0439. The molecule has 6 nitrogen and oxygen atoms in total. The summed E-state index contributed by atoms with van der Waals surface area (Å²) in [5.41, 5.74) is 1.16. The van der Waals surface area contributed by atoms with Gasteiger partial charge in [-0.15, -0.1) is 0 Å². The zero-order chi connectivity index (χ0) is 17.6. The lowest BCUT2D eigenvalue weighted by Gasteiger charge is -2.18. The van der Waals surface area contributed by atoms with E-state index in [0.717, 1.165) is 0 Å². The van der Waals surface area contributed by atoms with Gasteiger partial charge >= 0.3 is 0 Å². The number of para-hydroxylation sites is 1. The van der Waals surface area contributed by atoms with Crippen molar-refractivity contribution in [3.05, 3.63) is 48.3 Å². The number of hydrogen-bond donors (Lipinski definition) is 2. The van der Waals surface area contributed by atoms with Crippen LogP contribution in [0.2, 0.25) is 0 Å². The Bertz CT molecular complexity index is 794. The van der Waals surface area contributed by atoms with Crippen LogP contribution in [0.15, 0.2) is 42.5 Å². The Hall–Kier alpha value is -3.09. The number of carbonyl (C=O) groups excluding carboxylic acids is 2. The van der Waals surface area contributed by atoms with Gasteiger partial charge in [0, 0.05) is 18.2 Å². The fraction of sp³-hybridized carbons (Fsp3) is 0.222. The zero-order valence-electron chi connectivity index (χ0n) is 13.4. The molecule has 0 saturated carbocycles. The molecule has 0 aliphatic carbocycles. The van der Waals surface area contributed by atoms with Gasteiger partial charge in [-0.05, 0) is 30.7 Å². The number of rotatable bonds is 6. The van der Waals surface area contributed by atoms with Crippen molar-refractivity contribution >= 4 is 23.2 Å². The molecule has 25 heavy (non-hydrogen) atoms. The Labute approximate surface area is 143 Å². The third-order valence-electron chi connectivity index (χ3n) is 3.54. The maximum Gasteiger partial charge on any atom is 0.262 e. The van der Waals surface area contributed by atoms with Crippen LogP contribution >= 0.6 is 0 Å². The summed E-state index contributed by atoms with van der Waals surface area (Å²) in [7, 11) is 0. The first-order valence-corrected chi connectivity index (χ1v) is 7.86. The molecule has 2 N–H and O–H groups in total. The molecule has 0 fully saturated rings. The van der Waals surface area contributed by atoms with E-state index < -0.39 is 5.82 Å². The van der Waals surface area contributed by atoms with E-state index in [1.54, 1.807) is 36.4 Å². The van der Waals surface area contributed by atoms with Crippen molar-refractivity contribution in [2.75, 3.05) is 23.8 Å². The molecule has 130 valence electrons. The highest BCUT2D eigenvalue weighted by atomic mass is 19.1. The maximum absolute atomic E-state index is 13.4. The molecular weight excluding hydrogens is 327 g/mol.